The standard InChI is InChI=1S/C17H13FN2O3/c18-11-1-3-13-10(8-19-14(13)6-11)5-17(21)20-12-2-4-15-16(7-12)23-9-22-15/h1-4,6-8,19H,5,9H2,(H,20,21). The van der Waals surface area contributed by atoms with Crippen molar-refractivity contribution in [3.63, 3.8) is 0 Å². The fourth-order valence-electron chi connectivity index (χ4n) is 2.66. The molecule has 5 nitrogen and oxygen atoms in total. The lowest BCUT2D eigenvalue weighted by atomic mass is 10.1. The largest absolute Gasteiger partial charge is 0.454 e. The van der Waals surface area contributed by atoms with Crippen LogP contribution in [0, 0.1) is 5.82 Å². The van der Waals surface area contributed by atoms with Crippen molar-refractivity contribution >= 4 is 22.5 Å². The van der Waals surface area contributed by atoms with Crippen LogP contribution in [0.3, 0.4) is 0 Å². The second-order valence-electron chi connectivity index (χ2n) is 5.30. The summed E-state index contributed by atoms with van der Waals surface area (Å²) in [5, 5.41) is 3.66. The van der Waals surface area contributed by atoms with Crippen molar-refractivity contribution < 1.29 is 18.7 Å². The van der Waals surface area contributed by atoms with Crippen molar-refractivity contribution in [2.45, 2.75) is 6.42 Å². The van der Waals surface area contributed by atoms with Crippen molar-refractivity contribution in [2.75, 3.05) is 12.1 Å². The number of anilines is 1. The second kappa shape index (κ2) is 5.31. The van der Waals surface area contributed by atoms with Crippen LogP contribution >= 0.6 is 0 Å². The number of benzene rings is 2. The molecule has 1 aromatic heterocycles. The van der Waals surface area contributed by atoms with E-state index in [0.717, 1.165) is 10.9 Å². The van der Waals surface area contributed by atoms with Gasteiger partial charge in [-0.1, -0.05) is 0 Å². The number of fused-ring (bicyclic) bond motifs is 2. The van der Waals surface area contributed by atoms with Gasteiger partial charge in [-0.25, -0.2) is 4.39 Å². The number of aromatic nitrogens is 1. The molecule has 0 saturated heterocycles. The van der Waals surface area contributed by atoms with Crippen LogP contribution in [0.2, 0.25) is 0 Å². The van der Waals surface area contributed by atoms with Gasteiger partial charge in [0.25, 0.3) is 0 Å². The highest BCUT2D eigenvalue weighted by molar-refractivity contribution is 5.96. The quantitative estimate of drug-likeness (QED) is 0.780. The number of carbonyl (C=O) groups is 1. The molecule has 0 spiro atoms. The first kappa shape index (κ1) is 13.6. The van der Waals surface area contributed by atoms with Gasteiger partial charge in [0, 0.05) is 28.9 Å². The number of hydrogen-bond donors (Lipinski definition) is 2. The normalized spacial score (nSPS) is 12.6. The fraction of sp³-hybridized carbons (Fsp3) is 0.118. The molecule has 1 aliphatic rings. The third kappa shape index (κ3) is 2.59. The topological polar surface area (TPSA) is 63.4 Å². The summed E-state index contributed by atoms with van der Waals surface area (Å²) in [4.78, 5) is 15.2. The molecular formula is C17H13FN2O3. The van der Waals surface area contributed by atoms with Crippen LogP contribution in [0.15, 0.2) is 42.6 Å². The van der Waals surface area contributed by atoms with Crippen molar-refractivity contribution in [3.8, 4) is 11.5 Å². The molecule has 1 aliphatic heterocycles. The number of carbonyl (C=O) groups excluding carboxylic acids is 1. The first-order chi connectivity index (χ1) is 11.2. The predicted molar refractivity (Wildman–Crippen MR) is 83.2 cm³/mol. The van der Waals surface area contributed by atoms with E-state index >= 15 is 0 Å². The molecule has 0 unspecified atom stereocenters. The summed E-state index contributed by atoms with van der Waals surface area (Å²) in [5.41, 5.74) is 2.14. The van der Waals surface area contributed by atoms with Crippen LogP contribution in [0.25, 0.3) is 10.9 Å². The molecule has 0 radical (unpaired) electrons. The first-order valence-corrected chi connectivity index (χ1v) is 7.14. The van der Waals surface area contributed by atoms with Crippen LogP contribution < -0.4 is 14.8 Å². The molecule has 0 bridgehead atoms. The third-order valence-corrected chi connectivity index (χ3v) is 3.74. The maximum absolute atomic E-state index is 13.2. The summed E-state index contributed by atoms with van der Waals surface area (Å²) in [6.07, 6.45) is 1.92. The molecule has 3 aromatic rings. The van der Waals surface area contributed by atoms with E-state index in [1.807, 2.05) is 0 Å². The lowest BCUT2D eigenvalue weighted by Gasteiger charge is -2.06. The zero-order chi connectivity index (χ0) is 15.8. The van der Waals surface area contributed by atoms with Crippen LogP contribution in [0.5, 0.6) is 11.5 Å². The summed E-state index contributed by atoms with van der Waals surface area (Å²) < 4.78 is 23.7. The maximum atomic E-state index is 13.2. The van der Waals surface area contributed by atoms with Crippen molar-refractivity contribution in [2.24, 2.45) is 0 Å². The zero-order valence-corrected chi connectivity index (χ0v) is 12.1. The van der Waals surface area contributed by atoms with E-state index in [9.17, 15) is 9.18 Å². The zero-order valence-electron chi connectivity index (χ0n) is 12.1. The van der Waals surface area contributed by atoms with E-state index in [-0.39, 0.29) is 24.9 Å². The van der Waals surface area contributed by atoms with Crippen molar-refractivity contribution in [1.82, 2.24) is 4.98 Å². The van der Waals surface area contributed by atoms with E-state index in [4.69, 9.17) is 9.47 Å². The number of aromatic amines is 1. The number of nitrogens with one attached hydrogen (secondary N) is 2. The Balaban J connectivity index is 1.51. The van der Waals surface area contributed by atoms with E-state index in [1.54, 1.807) is 30.5 Å². The summed E-state index contributed by atoms with van der Waals surface area (Å²) in [6, 6.07) is 9.71. The average Bonchev–Trinajstić information content (AvgIpc) is 3.13. The second-order valence-corrected chi connectivity index (χ2v) is 5.30. The molecule has 4 rings (SSSR count). The molecule has 2 heterocycles. The molecule has 2 N–H and O–H groups in total. The number of hydrogen-bond acceptors (Lipinski definition) is 3. The highest BCUT2D eigenvalue weighted by atomic mass is 19.1. The van der Waals surface area contributed by atoms with E-state index in [1.165, 1.54) is 12.1 Å². The molecule has 0 fully saturated rings. The minimum Gasteiger partial charge on any atom is -0.454 e. The van der Waals surface area contributed by atoms with E-state index in [0.29, 0.717) is 22.7 Å². The maximum Gasteiger partial charge on any atom is 0.231 e. The molecule has 0 aliphatic carbocycles. The molecule has 0 saturated carbocycles. The Morgan fingerprint density at radius 2 is 2.04 bits per heavy atom. The van der Waals surface area contributed by atoms with Crippen LogP contribution in [-0.4, -0.2) is 17.7 Å². The van der Waals surface area contributed by atoms with Gasteiger partial charge in [0.05, 0.1) is 6.42 Å². The molecule has 6 heteroatoms. The van der Waals surface area contributed by atoms with Gasteiger partial charge in [0.1, 0.15) is 5.82 Å². The van der Waals surface area contributed by atoms with Gasteiger partial charge < -0.3 is 19.8 Å². The molecule has 23 heavy (non-hydrogen) atoms. The minimum absolute atomic E-state index is 0.158. The Kier molecular flexibility index (Phi) is 3.15. The van der Waals surface area contributed by atoms with Gasteiger partial charge in [0.2, 0.25) is 12.7 Å². The Morgan fingerprint density at radius 1 is 1.17 bits per heavy atom. The van der Waals surface area contributed by atoms with Gasteiger partial charge >= 0.3 is 0 Å². The van der Waals surface area contributed by atoms with Gasteiger partial charge in [-0.15, -0.1) is 0 Å². The summed E-state index contributed by atoms with van der Waals surface area (Å²) in [7, 11) is 0. The fourth-order valence-corrected chi connectivity index (χ4v) is 2.66. The highest BCUT2D eigenvalue weighted by Gasteiger charge is 2.15. The van der Waals surface area contributed by atoms with Gasteiger partial charge in [0.15, 0.2) is 11.5 Å². The molecule has 2 aromatic carbocycles. The average molecular weight is 312 g/mol. The van der Waals surface area contributed by atoms with Crippen LogP contribution in [-0.2, 0) is 11.2 Å². The van der Waals surface area contributed by atoms with E-state index in [2.05, 4.69) is 10.3 Å². The Bertz CT molecular complexity index is 904. The van der Waals surface area contributed by atoms with Crippen LogP contribution in [0.1, 0.15) is 5.56 Å². The molecule has 1 amide bonds. The van der Waals surface area contributed by atoms with Crippen LogP contribution in [0.4, 0.5) is 10.1 Å². The molecule has 0 atom stereocenters. The lowest BCUT2D eigenvalue weighted by Crippen LogP contribution is -2.14. The monoisotopic (exact) mass is 312 g/mol. The summed E-state index contributed by atoms with van der Waals surface area (Å²) >= 11 is 0. The first-order valence-electron chi connectivity index (χ1n) is 7.14. The number of H-pyrrole nitrogens is 1. The predicted octanol–water partition coefficient (Wildman–Crippen LogP) is 3.22. The number of amides is 1. The SMILES string of the molecule is O=C(Cc1c[nH]c2cc(F)ccc12)Nc1ccc2c(c1)OCO2. The minimum atomic E-state index is -0.310. The number of halogens is 1. The molecule has 116 valence electrons. The van der Waals surface area contributed by atoms with Gasteiger partial charge in [-0.05, 0) is 35.9 Å². The third-order valence-electron chi connectivity index (χ3n) is 3.74. The van der Waals surface area contributed by atoms with E-state index < -0.39 is 0 Å². The Morgan fingerprint density at radius 3 is 2.96 bits per heavy atom. The number of ether oxygens (including phenoxy) is 2. The Labute approximate surface area is 131 Å². The summed E-state index contributed by atoms with van der Waals surface area (Å²) in [5.74, 6) is 0.817. The lowest BCUT2D eigenvalue weighted by molar-refractivity contribution is -0.115. The smallest absolute Gasteiger partial charge is 0.231 e. The Hall–Kier alpha value is -3.02. The highest BCUT2D eigenvalue weighted by Crippen LogP contribution is 2.34. The summed E-state index contributed by atoms with van der Waals surface area (Å²) in [6.45, 7) is 0.193. The van der Waals surface area contributed by atoms with Gasteiger partial charge in [-0.2, -0.15) is 0 Å². The van der Waals surface area contributed by atoms with Crippen molar-refractivity contribution in [3.05, 3.63) is 54.0 Å². The molecular weight excluding hydrogens is 299 g/mol. The van der Waals surface area contributed by atoms with Crippen molar-refractivity contribution in [1.29, 1.82) is 0 Å². The van der Waals surface area contributed by atoms with Gasteiger partial charge in [-0.3, -0.25) is 4.79 Å². The number of rotatable bonds is 3.